The van der Waals surface area contributed by atoms with Crippen molar-refractivity contribution in [3.63, 3.8) is 0 Å². The quantitative estimate of drug-likeness (QED) is 0.597. The third-order valence-corrected chi connectivity index (χ3v) is 3.43. The number of rotatable bonds is 4. The number of carbonyl (C=O) groups is 2. The van der Waals surface area contributed by atoms with Crippen LogP contribution in [0.15, 0.2) is 29.2 Å². The molecule has 92 valence electrons. The number of hydrogen-bond acceptors (Lipinski definition) is 5. The third-order valence-electron chi connectivity index (χ3n) is 1.78. The molecule has 0 aliphatic rings. The second kappa shape index (κ2) is 4.96. The number of carbonyl (C=O) groups excluding carboxylic acids is 2. The van der Waals surface area contributed by atoms with E-state index in [1.807, 2.05) is 0 Å². The maximum absolute atomic E-state index is 11.6. The number of hydrogen-bond donors (Lipinski definition) is 1. The first-order valence-corrected chi connectivity index (χ1v) is 6.26. The lowest BCUT2D eigenvalue weighted by molar-refractivity contribution is -0.131. The maximum atomic E-state index is 11.6. The first-order chi connectivity index (χ1) is 7.81. The van der Waals surface area contributed by atoms with E-state index >= 15 is 0 Å². The van der Waals surface area contributed by atoms with Gasteiger partial charge in [-0.3, -0.25) is 9.59 Å². The molecule has 0 atom stereocenters. The summed E-state index contributed by atoms with van der Waals surface area (Å²) in [6.45, 7) is 1.23. The molecular formula is C10H11NO5S. The molecule has 1 amide bonds. The number of primary amides is 1. The molecule has 0 aliphatic carbocycles. The molecule has 0 saturated heterocycles. The molecule has 0 saturated carbocycles. The Kier molecular flexibility index (Phi) is 3.84. The van der Waals surface area contributed by atoms with Crippen LogP contribution in [-0.4, -0.2) is 26.0 Å². The van der Waals surface area contributed by atoms with Crippen molar-refractivity contribution in [2.24, 2.45) is 5.73 Å². The number of sulfone groups is 1. The predicted octanol–water partition coefficient (Wildman–Crippen LogP) is -0.129. The molecule has 7 heteroatoms. The molecule has 0 bridgehead atoms. The van der Waals surface area contributed by atoms with E-state index in [2.05, 4.69) is 0 Å². The van der Waals surface area contributed by atoms with Gasteiger partial charge in [0.15, 0.2) is 9.84 Å². The first-order valence-electron chi connectivity index (χ1n) is 4.61. The smallest absolute Gasteiger partial charge is 0.308 e. The van der Waals surface area contributed by atoms with Crippen LogP contribution < -0.4 is 10.5 Å². The van der Waals surface area contributed by atoms with E-state index < -0.39 is 27.5 Å². The van der Waals surface area contributed by atoms with Gasteiger partial charge in [0.2, 0.25) is 5.91 Å². The molecule has 1 rings (SSSR count). The SMILES string of the molecule is CC(=O)Oc1ccc(S(=O)(=O)CC(N)=O)cc1. The monoisotopic (exact) mass is 257 g/mol. The average Bonchev–Trinajstić information content (AvgIpc) is 2.15. The standard InChI is InChI=1S/C10H11NO5S/c1-7(12)16-8-2-4-9(5-3-8)17(14,15)6-10(11)13/h2-5H,6H2,1H3,(H2,11,13). The third kappa shape index (κ3) is 3.87. The summed E-state index contributed by atoms with van der Waals surface area (Å²) in [5.74, 6) is -1.94. The van der Waals surface area contributed by atoms with Crippen molar-refractivity contribution < 1.29 is 22.7 Å². The van der Waals surface area contributed by atoms with Gasteiger partial charge in [-0.05, 0) is 24.3 Å². The Morgan fingerprint density at radius 3 is 2.18 bits per heavy atom. The second-order valence-electron chi connectivity index (χ2n) is 3.29. The highest BCUT2D eigenvalue weighted by atomic mass is 32.2. The fourth-order valence-electron chi connectivity index (χ4n) is 1.15. The van der Waals surface area contributed by atoms with Crippen molar-refractivity contribution >= 4 is 21.7 Å². The topological polar surface area (TPSA) is 104 Å². The Hall–Kier alpha value is -1.89. The normalized spacial score (nSPS) is 10.9. The summed E-state index contributed by atoms with van der Waals surface area (Å²) in [4.78, 5) is 21.2. The van der Waals surface area contributed by atoms with Crippen LogP contribution in [0.1, 0.15) is 6.92 Å². The lowest BCUT2D eigenvalue weighted by Gasteiger charge is -2.04. The van der Waals surface area contributed by atoms with E-state index in [4.69, 9.17) is 10.5 Å². The van der Waals surface area contributed by atoms with Crippen molar-refractivity contribution in [1.29, 1.82) is 0 Å². The van der Waals surface area contributed by atoms with Crippen molar-refractivity contribution in [1.82, 2.24) is 0 Å². The first kappa shape index (κ1) is 13.2. The predicted molar refractivity (Wildman–Crippen MR) is 59.0 cm³/mol. The van der Waals surface area contributed by atoms with Gasteiger partial charge in [-0.1, -0.05) is 0 Å². The summed E-state index contributed by atoms with van der Waals surface area (Å²) in [5.41, 5.74) is 4.82. The zero-order valence-electron chi connectivity index (χ0n) is 9.04. The summed E-state index contributed by atoms with van der Waals surface area (Å²) >= 11 is 0. The molecular weight excluding hydrogens is 246 g/mol. The Balaban J connectivity index is 2.94. The Morgan fingerprint density at radius 2 is 1.76 bits per heavy atom. The number of ether oxygens (including phenoxy) is 1. The van der Waals surface area contributed by atoms with Gasteiger partial charge >= 0.3 is 5.97 Å². The van der Waals surface area contributed by atoms with Gasteiger partial charge in [0, 0.05) is 6.92 Å². The fourth-order valence-corrected chi connectivity index (χ4v) is 2.24. The van der Waals surface area contributed by atoms with Crippen LogP contribution in [0.2, 0.25) is 0 Å². The molecule has 0 aliphatic heterocycles. The highest BCUT2D eigenvalue weighted by molar-refractivity contribution is 7.92. The van der Waals surface area contributed by atoms with E-state index in [1.54, 1.807) is 0 Å². The van der Waals surface area contributed by atoms with Gasteiger partial charge in [-0.2, -0.15) is 0 Å². The van der Waals surface area contributed by atoms with Crippen LogP contribution in [-0.2, 0) is 19.4 Å². The van der Waals surface area contributed by atoms with Crippen LogP contribution in [0.4, 0.5) is 0 Å². The van der Waals surface area contributed by atoms with Gasteiger partial charge in [0.05, 0.1) is 4.90 Å². The lowest BCUT2D eigenvalue weighted by atomic mass is 10.3. The van der Waals surface area contributed by atoms with Gasteiger partial charge in [0.1, 0.15) is 11.5 Å². The zero-order valence-corrected chi connectivity index (χ0v) is 9.86. The summed E-state index contributed by atoms with van der Waals surface area (Å²) < 4.78 is 27.9. The van der Waals surface area contributed by atoms with E-state index in [0.717, 1.165) is 0 Å². The largest absolute Gasteiger partial charge is 0.427 e. The van der Waals surface area contributed by atoms with Gasteiger partial charge in [-0.25, -0.2) is 8.42 Å². The Morgan fingerprint density at radius 1 is 1.24 bits per heavy atom. The minimum Gasteiger partial charge on any atom is -0.427 e. The molecule has 1 aromatic carbocycles. The zero-order chi connectivity index (χ0) is 13.1. The molecule has 0 aromatic heterocycles. The minimum atomic E-state index is -3.72. The van der Waals surface area contributed by atoms with Crippen molar-refractivity contribution in [3.8, 4) is 5.75 Å². The molecule has 6 nitrogen and oxygen atoms in total. The minimum absolute atomic E-state index is 0.0489. The number of benzene rings is 1. The molecule has 2 N–H and O–H groups in total. The van der Waals surface area contributed by atoms with Crippen molar-refractivity contribution in [3.05, 3.63) is 24.3 Å². The summed E-state index contributed by atoms with van der Waals surface area (Å²) in [6, 6.07) is 5.15. The maximum Gasteiger partial charge on any atom is 0.308 e. The second-order valence-corrected chi connectivity index (χ2v) is 5.28. The fraction of sp³-hybridized carbons (Fsp3) is 0.200. The van der Waals surface area contributed by atoms with Crippen molar-refractivity contribution in [2.45, 2.75) is 11.8 Å². The Bertz CT molecular complexity index is 532. The van der Waals surface area contributed by atoms with Gasteiger partial charge in [0.25, 0.3) is 0 Å². The van der Waals surface area contributed by atoms with Crippen LogP contribution in [0.25, 0.3) is 0 Å². The molecule has 0 heterocycles. The average molecular weight is 257 g/mol. The molecule has 0 fully saturated rings. The lowest BCUT2D eigenvalue weighted by Crippen LogP contribution is -2.23. The van der Waals surface area contributed by atoms with Crippen LogP contribution in [0.3, 0.4) is 0 Å². The summed E-state index contributed by atoms with van der Waals surface area (Å²) in [5, 5.41) is 0. The van der Waals surface area contributed by atoms with E-state index in [9.17, 15) is 18.0 Å². The van der Waals surface area contributed by atoms with E-state index in [0.29, 0.717) is 0 Å². The van der Waals surface area contributed by atoms with Gasteiger partial charge in [-0.15, -0.1) is 0 Å². The molecule has 0 unspecified atom stereocenters. The van der Waals surface area contributed by atoms with Crippen molar-refractivity contribution in [2.75, 3.05) is 5.75 Å². The number of nitrogens with two attached hydrogens (primary N) is 1. The highest BCUT2D eigenvalue weighted by Crippen LogP contribution is 2.17. The summed E-state index contributed by atoms with van der Waals surface area (Å²) in [7, 11) is -3.72. The molecule has 1 aromatic rings. The number of amides is 1. The highest BCUT2D eigenvalue weighted by Gasteiger charge is 2.17. The van der Waals surface area contributed by atoms with Crippen LogP contribution in [0.5, 0.6) is 5.75 Å². The molecule has 0 spiro atoms. The summed E-state index contributed by atoms with van der Waals surface area (Å²) in [6.07, 6.45) is 0. The molecule has 17 heavy (non-hydrogen) atoms. The number of esters is 1. The van der Waals surface area contributed by atoms with E-state index in [-0.39, 0.29) is 10.6 Å². The van der Waals surface area contributed by atoms with Gasteiger partial charge < -0.3 is 10.5 Å². The Labute approximate surface area is 98.3 Å². The van der Waals surface area contributed by atoms with E-state index in [1.165, 1.54) is 31.2 Å². The molecule has 0 radical (unpaired) electrons. The van der Waals surface area contributed by atoms with Crippen LogP contribution >= 0.6 is 0 Å². The van der Waals surface area contributed by atoms with Crippen LogP contribution in [0, 0.1) is 0 Å².